The molecule has 24 heavy (non-hydrogen) atoms. The molecule has 0 spiro atoms. The molecule has 6 heteroatoms. The maximum atomic E-state index is 11.7. The number of hydrazone groups is 1. The average Bonchev–Trinajstić information content (AvgIpc) is 2.52. The smallest absolute Gasteiger partial charge is 0.336 e. The summed E-state index contributed by atoms with van der Waals surface area (Å²) in [7, 11) is 0. The summed E-state index contributed by atoms with van der Waals surface area (Å²) in [6.07, 6.45) is 0. The lowest BCUT2D eigenvalue weighted by Crippen LogP contribution is -2.05. The fraction of sp³-hybridized carbons (Fsp3) is 0.111. The first-order chi connectivity index (χ1) is 11.5. The minimum atomic E-state index is -0.470. The Morgan fingerprint density at radius 1 is 1.25 bits per heavy atom. The minimum Gasteiger partial charge on any atom is -0.507 e. The van der Waals surface area contributed by atoms with Crippen LogP contribution < -0.4 is 11.1 Å². The SMILES string of the molecule is C/C(=N\Nc1cccc(Cl)c1)c1c(O)ccc2c(C)cc(=O)oc12. The van der Waals surface area contributed by atoms with Crippen LogP contribution in [0.3, 0.4) is 0 Å². The van der Waals surface area contributed by atoms with Crippen molar-refractivity contribution in [2.45, 2.75) is 13.8 Å². The van der Waals surface area contributed by atoms with Crippen molar-refractivity contribution in [2.24, 2.45) is 5.10 Å². The number of anilines is 1. The Labute approximate surface area is 143 Å². The lowest BCUT2D eigenvalue weighted by atomic mass is 10.0. The Kier molecular flexibility index (Phi) is 4.27. The van der Waals surface area contributed by atoms with Gasteiger partial charge in [0.25, 0.3) is 0 Å². The van der Waals surface area contributed by atoms with Crippen LogP contribution in [0.25, 0.3) is 11.0 Å². The van der Waals surface area contributed by atoms with Gasteiger partial charge in [-0.15, -0.1) is 0 Å². The summed E-state index contributed by atoms with van der Waals surface area (Å²) >= 11 is 5.94. The van der Waals surface area contributed by atoms with Gasteiger partial charge in [-0.3, -0.25) is 5.43 Å². The fourth-order valence-corrected chi connectivity index (χ4v) is 2.68. The van der Waals surface area contributed by atoms with Crippen LogP contribution in [0.1, 0.15) is 18.1 Å². The van der Waals surface area contributed by atoms with E-state index >= 15 is 0 Å². The van der Waals surface area contributed by atoms with Crippen LogP contribution >= 0.6 is 11.6 Å². The molecule has 0 radical (unpaired) electrons. The Bertz CT molecular complexity index is 1010. The largest absolute Gasteiger partial charge is 0.507 e. The van der Waals surface area contributed by atoms with Crippen LogP contribution in [-0.4, -0.2) is 10.8 Å². The monoisotopic (exact) mass is 342 g/mol. The summed E-state index contributed by atoms with van der Waals surface area (Å²) in [5.74, 6) is -0.00889. The maximum Gasteiger partial charge on any atom is 0.336 e. The molecular formula is C18H15ClN2O3. The maximum absolute atomic E-state index is 11.7. The number of rotatable bonds is 3. The average molecular weight is 343 g/mol. The summed E-state index contributed by atoms with van der Waals surface area (Å²) in [5, 5.41) is 15.8. The van der Waals surface area contributed by atoms with E-state index in [1.807, 2.05) is 13.0 Å². The van der Waals surface area contributed by atoms with Gasteiger partial charge in [0.1, 0.15) is 5.75 Å². The highest BCUT2D eigenvalue weighted by Crippen LogP contribution is 2.29. The zero-order valence-corrected chi connectivity index (χ0v) is 13.9. The number of nitrogens with zero attached hydrogens (tertiary/aromatic N) is 1. The van der Waals surface area contributed by atoms with Gasteiger partial charge in [-0.1, -0.05) is 17.7 Å². The fourth-order valence-electron chi connectivity index (χ4n) is 2.49. The van der Waals surface area contributed by atoms with Gasteiger partial charge in [-0.05, 0) is 49.7 Å². The second-order valence-electron chi connectivity index (χ2n) is 5.40. The zero-order chi connectivity index (χ0) is 17.3. The van der Waals surface area contributed by atoms with Gasteiger partial charge < -0.3 is 9.52 Å². The van der Waals surface area contributed by atoms with Crippen LogP contribution in [0.2, 0.25) is 5.02 Å². The molecule has 122 valence electrons. The van der Waals surface area contributed by atoms with Crippen molar-refractivity contribution < 1.29 is 9.52 Å². The molecule has 1 aromatic heterocycles. The third-order valence-corrected chi connectivity index (χ3v) is 3.87. The molecule has 1 heterocycles. The first-order valence-corrected chi connectivity index (χ1v) is 7.66. The molecule has 2 N–H and O–H groups in total. The number of phenols is 1. The van der Waals surface area contributed by atoms with Crippen molar-refractivity contribution in [3.05, 3.63) is 69.0 Å². The van der Waals surface area contributed by atoms with Gasteiger partial charge in [0, 0.05) is 16.5 Å². The molecule has 0 atom stereocenters. The van der Waals surface area contributed by atoms with E-state index in [2.05, 4.69) is 10.5 Å². The second kappa shape index (κ2) is 6.37. The second-order valence-corrected chi connectivity index (χ2v) is 5.84. The van der Waals surface area contributed by atoms with Gasteiger partial charge in [-0.2, -0.15) is 5.10 Å². The highest BCUT2D eigenvalue weighted by molar-refractivity contribution is 6.30. The van der Waals surface area contributed by atoms with Gasteiger partial charge >= 0.3 is 5.63 Å². The van der Waals surface area contributed by atoms with E-state index in [0.717, 1.165) is 10.9 Å². The number of aryl methyl sites for hydroxylation is 1. The molecule has 0 fully saturated rings. The van der Waals surface area contributed by atoms with E-state index in [1.165, 1.54) is 6.07 Å². The molecule has 0 unspecified atom stereocenters. The normalized spacial score (nSPS) is 11.7. The number of halogens is 1. The molecular weight excluding hydrogens is 328 g/mol. The number of phenolic OH excluding ortho intramolecular Hbond substituents is 1. The molecule has 0 aliphatic heterocycles. The quantitative estimate of drug-likeness (QED) is 0.423. The highest BCUT2D eigenvalue weighted by atomic mass is 35.5. The Hall–Kier alpha value is -2.79. The molecule has 0 saturated heterocycles. The predicted octanol–water partition coefficient (Wildman–Crippen LogP) is 4.30. The molecule has 0 bridgehead atoms. The zero-order valence-electron chi connectivity index (χ0n) is 13.1. The Morgan fingerprint density at radius 2 is 2.04 bits per heavy atom. The summed E-state index contributed by atoms with van der Waals surface area (Å²) in [5.41, 5.74) is 5.06. The van der Waals surface area contributed by atoms with Crippen LogP contribution in [0.15, 0.2) is 56.8 Å². The molecule has 0 saturated carbocycles. The molecule has 3 aromatic rings. The molecule has 3 rings (SSSR count). The van der Waals surface area contributed by atoms with Crippen molar-refractivity contribution in [1.82, 2.24) is 0 Å². The minimum absolute atomic E-state index is 0.00889. The predicted molar refractivity (Wildman–Crippen MR) is 96.2 cm³/mol. The van der Waals surface area contributed by atoms with Crippen molar-refractivity contribution >= 4 is 34.0 Å². The van der Waals surface area contributed by atoms with Gasteiger partial charge in [0.2, 0.25) is 0 Å². The Balaban J connectivity index is 2.09. The summed E-state index contributed by atoms with van der Waals surface area (Å²) in [6.45, 7) is 3.53. The van der Waals surface area contributed by atoms with Crippen LogP contribution in [0.5, 0.6) is 5.75 Å². The lowest BCUT2D eigenvalue weighted by molar-refractivity contribution is 0.471. The molecule has 0 aliphatic rings. The van der Waals surface area contributed by atoms with E-state index in [9.17, 15) is 9.90 Å². The number of fused-ring (bicyclic) bond motifs is 1. The number of hydrogen-bond donors (Lipinski definition) is 2. The van der Waals surface area contributed by atoms with Crippen molar-refractivity contribution in [3.63, 3.8) is 0 Å². The summed E-state index contributed by atoms with van der Waals surface area (Å²) in [6, 6.07) is 11.8. The third kappa shape index (κ3) is 3.12. The Morgan fingerprint density at radius 3 is 2.79 bits per heavy atom. The van der Waals surface area contributed by atoms with Crippen molar-refractivity contribution in [2.75, 3.05) is 5.43 Å². The van der Waals surface area contributed by atoms with E-state index in [4.69, 9.17) is 16.0 Å². The third-order valence-electron chi connectivity index (χ3n) is 3.64. The standard InChI is InChI=1S/C18H15ClN2O3/c1-10-8-16(23)24-18-14(10)6-7-15(22)17(18)11(2)20-21-13-5-3-4-12(19)9-13/h3-9,21-22H,1-2H3/b20-11+. The number of nitrogens with one attached hydrogen (secondary N) is 1. The van der Waals surface area contributed by atoms with E-state index in [-0.39, 0.29) is 5.75 Å². The number of benzene rings is 2. The number of aromatic hydroxyl groups is 1. The van der Waals surface area contributed by atoms with Gasteiger partial charge in [-0.25, -0.2) is 4.79 Å². The van der Waals surface area contributed by atoms with Gasteiger partial charge in [0.05, 0.1) is 17.0 Å². The molecule has 0 aliphatic carbocycles. The molecule has 5 nitrogen and oxygen atoms in total. The lowest BCUT2D eigenvalue weighted by Gasteiger charge is -2.09. The van der Waals surface area contributed by atoms with E-state index < -0.39 is 5.63 Å². The van der Waals surface area contributed by atoms with Crippen LogP contribution in [0, 0.1) is 6.92 Å². The van der Waals surface area contributed by atoms with Crippen molar-refractivity contribution in [3.8, 4) is 5.75 Å². The van der Waals surface area contributed by atoms with E-state index in [1.54, 1.807) is 37.3 Å². The molecule has 0 amide bonds. The molecule has 2 aromatic carbocycles. The van der Waals surface area contributed by atoms with Crippen LogP contribution in [0.4, 0.5) is 5.69 Å². The highest BCUT2D eigenvalue weighted by Gasteiger charge is 2.14. The number of hydrogen-bond acceptors (Lipinski definition) is 5. The van der Waals surface area contributed by atoms with Crippen LogP contribution in [-0.2, 0) is 0 Å². The topological polar surface area (TPSA) is 74.8 Å². The first kappa shape index (κ1) is 16.1. The summed E-state index contributed by atoms with van der Waals surface area (Å²) in [4.78, 5) is 11.7. The van der Waals surface area contributed by atoms with Gasteiger partial charge in [0.15, 0.2) is 5.58 Å². The summed E-state index contributed by atoms with van der Waals surface area (Å²) < 4.78 is 5.30. The van der Waals surface area contributed by atoms with Crippen molar-refractivity contribution in [1.29, 1.82) is 0 Å². The van der Waals surface area contributed by atoms with E-state index in [0.29, 0.717) is 27.6 Å². The first-order valence-electron chi connectivity index (χ1n) is 7.28.